The van der Waals surface area contributed by atoms with Gasteiger partial charge in [-0.15, -0.1) is 11.3 Å². The zero-order valence-electron chi connectivity index (χ0n) is 12.0. The highest BCUT2D eigenvalue weighted by atomic mass is 79.9. The third kappa shape index (κ3) is 3.92. The van der Waals surface area contributed by atoms with Crippen LogP contribution in [0.5, 0.6) is 0 Å². The van der Waals surface area contributed by atoms with E-state index in [0.29, 0.717) is 6.54 Å². The molecule has 0 amide bonds. The van der Waals surface area contributed by atoms with Crippen molar-refractivity contribution in [1.29, 1.82) is 0 Å². The quantitative estimate of drug-likeness (QED) is 0.828. The molecule has 0 aliphatic heterocycles. The van der Waals surface area contributed by atoms with Gasteiger partial charge in [0.15, 0.2) is 0 Å². The van der Waals surface area contributed by atoms with Crippen molar-refractivity contribution < 1.29 is 5.11 Å². The predicted molar refractivity (Wildman–Crippen MR) is 89.3 cm³/mol. The number of halogens is 1. The zero-order valence-corrected chi connectivity index (χ0v) is 14.4. The van der Waals surface area contributed by atoms with Gasteiger partial charge in [-0.1, -0.05) is 28.1 Å². The van der Waals surface area contributed by atoms with Crippen LogP contribution in [0.1, 0.15) is 40.0 Å². The Morgan fingerprint density at radius 1 is 1.30 bits per heavy atom. The average Bonchev–Trinajstić information content (AvgIpc) is 2.74. The molecule has 0 spiro atoms. The van der Waals surface area contributed by atoms with Gasteiger partial charge >= 0.3 is 0 Å². The van der Waals surface area contributed by atoms with Crippen LogP contribution in [-0.4, -0.2) is 11.7 Å². The molecule has 108 valence electrons. The van der Waals surface area contributed by atoms with Crippen LogP contribution < -0.4 is 5.32 Å². The number of hydrogen-bond acceptors (Lipinski definition) is 3. The minimum absolute atomic E-state index is 0.252. The fourth-order valence-electron chi connectivity index (χ4n) is 2.31. The molecule has 1 aromatic carbocycles. The van der Waals surface area contributed by atoms with E-state index in [4.69, 9.17) is 0 Å². The maximum Gasteiger partial charge on any atom is 0.0914 e. The lowest BCUT2D eigenvalue weighted by Gasteiger charge is -2.17. The Morgan fingerprint density at radius 2 is 2.05 bits per heavy atom. The molecule has 0 saturated heterocycles. The number of benzene rings is 1. The van der Waals surface area contributed by atoms with Crippen molar-refractivity contribution >= 4 is 27.3 Å². The molecule has 2 rings (SSSR count). The highest BCUT2D eigenvalue weighted by molar-refractivity contribution is 9.10. The van der Waals surface area contributed by atoms with Gasteiger partial charge in [-0.05, 0) is 50.1 Å². The maximum absolute atomic E-state index is 10.2. The largest absolute Gasteiger partial charge is 0.387 e. The van der Waals surface area contributed by atoms with Gasteiger partial charge in [0, 0.05) is 26.8 Å². The molecular formula is C16H20BrNOS. The van der Waals surface area contributed by atoms with Crippen molar-refractivity contribution in [3.63, 3.8) is 0 Å². The number of aliphatic hydroxyl groups is 1. The van der Waals surface area contributed by atoms with E-state index in [9.17, 15) is 5.11 Å². The molecule has 2 unspecified atom stereocenters. The average molecular weight is 354 g/mol. The summed E-state index contributed by atoms with van der Waals surface area (Å²) in [4.78, 5) is 2.68. The fraction of sp³-hybridized carbons (Fsp3) is 0.375. The lowest BCUT2D eigenvalue weighted by Crippen LogP contribution is -2.24. The first-order chi connectivity index (χ1) is 9.47. The molecule has 2 nitrogen and oxygen atoms in total. The second-order valence-electron chi connectivity index (χ2n) is 5.07. The molecule has 0 fully saturated rings. The number of aliphatic hydroxyl groups excluding tert-OH is 1. The van der Waals surface area contributed by atoms with E-state index in [1.807, 2.05) is 35.6 Å². The normalized spacial score (nSPS) is 14.2. The highest BCUT2D eigenvalue weighted by Gasteiger charge is 2.13. The number of hydrogen-bond donors (Lipinski definition) is 2. The van der Waals surface area contributed by atoms with Gasteiger partial charge in [-0.25, -0.2) is 0 Å². The number of nitrogens with one attached hydrogen (secondary N) is 1. The Bertz CT molecular complexity index is 582. The molecule has 2 N–H and O–H groups in total. The predicted octanol–water partition coefficient (Wildman–Crippen LogP) is 4.51. The van der Waals surface area contributed by atoms with Crippen LogP contribution in [0.15, 0.2) is 34.8 Å². The maximum atomic E-state index is 10.2. The standard InChI is InChI=1S/C16H20BrNOS/c1-10-7-15(12(3)20-10)11(2)18-9-16(19)13-5-4-6-14(17)8-13/h4-8,11,16,18-19H,9H2,1-3H3. The van der Waals surface area contributed by atoms with Crippen LogP contribution in [0.3, 0.4) is 0 Å². The minimum Gasteiger partial charge on any atom is -0.387 e. The van der Waals surface area contributed by atoms with Crippen LogP contribution >= 0.6 is 27.3 Å². The molecular weight excluding hydrogens is 334 g/mol. The number of thiophene rings is 1. The summed E-state index contributed by atoms with van der Waals surface area (Å²) < 4.78 is 0.992. The Labute approximate surface area is 133 Å². The molecule has 0 aliphatic rings. The van der Waals surface area contributed by atoms with Gasteiger partial charge in [0.1, 0.15) is 0 Å². The van der Waals surface area contributed by atoms with Gasteiger partial charge in [-0.3, -0.25) is 0 Å². The topological polar surface area (TPSA) is 32.3 Å². The summed E-state index contributed by atoms with van der Waals surface area (Å²) in [6.07, 6.45) is -0.491. The molecule has 4 heteroatoms. The van der Waals surface area contributed by atoms with E-state index in [2.05, 4.69) is 48.1 Å². The summed E-state index contributed by atoms with van der Waals surface area (Å²) in [7, 11) is 0. The van der Waals surface area contributed by atoms with Gasteiger partial charge < -0.3 is 10.4 Å². The van der Waals surface area contributed by atoms with E-state index in [-0.39, 0.29) is 6.04 Å². The summed E-state index contributed by atoms with van der Waals surface area (Å²) in [5, 5.41) is 13.6. The zero-order chi connectivity index (χ0) is 14.7. The van der Waals surface area contributed by atoms with Gasteiger partial charge in [0.25, 0.3) is 0 Å². The molecule has 0 bridgehead atoms. The molecule has 2 aromatic rings. The molecule has 2 atom stereocenters. The van der Waals surface area contributed by atoms with E-state index >= 15 is 0 Å². The third-order valence-electron chi connectivity index (χ3n) is 3.40. The summed E-state index contributed by atoms with van der Waals surface area (Å²) >= 11 is 5.25. The summed E-state index contributed by atoms with van der Waals surface area (Å²) in [6.45, 7) is 6.97. The van der Waals surface area contributed by atoms with E-state index < -0.39 is 6.10 Å². The van der Waals surface area contributed by atoms with Gasteiger partial charge in [0.05, 0.1) is 6.10 Å². The van der Waals surface area contributed by atoms with Crippen LogP contribution in [0.4, 0.5) is 0 Å². The Balaban J connectivity index is 1.96. The molecule has 20 heavy (non-hydrogen) atoms. The van der Waals surface area contributed by atoms with Crippen LogP contribution in [0.2, 0.25) is 0 Å². The SMILES string of the molecule is Cc1cc(C(C)NCC(O)c2cccc(Br)c2)c(C)s1. The van der Waals surface area contributed by atoms with E-state index in [1.165, 1.54) is 15.3 Å². The number of aryl methyl sites for hydroxylation is 2. The van der Waals surface area contributed by atoms with E-state index in [1.54, 1.807) is 0 Å². The first-order valence-electron chi connectivity index (χ1n) is 6.71. The van der Waals surface area contributed by atoms with Crippen molar-refractivity contribution in [1.82, 2.24) is 5.32 Å². The first kappa shape index (κ1) is 15.7. The lowest BCUT2D eigenvalue weighted by molar-refractivity contribution is 0.170. The summed E-state index contributed by atoms with van der Waals surface area (Å²) in [6, 6.07) is 10.3. The van der Waals surface area contributed by atoms with Crippen LogP contribution in [0, 0.1) is 13.8 Å². The summed E-state index contributed by atoms with van der Waals surface area (Å²) in [5.74, 6) is 0. The molecule has 0 radical (unpaired) electrons. The van der Waals surface area contributed by atoms with Crippen LogP contribution in [-0.2, 0) is 0 Å². The monoisotopic (exact) mass is 353 g/mol. The highest BCUT2D eigenvalue weighted by Crippen LogP contribution is 2.26. The second kappa shape index (κ2) is 6.85. The third-order valence-corrected chi connectivity index (χ3v) is 4.87. The Hall–Kier alpha value is -0.680. The Morgan fingerprint density at radius 3 is 2.65 bits per heavy atom. The smallest absolute Gasteiger partial charge is 0.0914 e. The molecule has 0 saturated carbocycles. The van der Waals surface area contributed by atoms with E-state index in [0.717, 1.165) is 10.0 Å². The summed E-state index contributed by atoms with van der Waals surface area (Å²) in [5.41, 5.74) is 2.26. The van der Waals surface area contributed by atoms with Crippen molar-refractivity contribution in [3.8, 4) is 0 Å². The van der Waals surface area contributed by atoms with Crippen molar-refractivity contribution in [2.24, 2.45) is 0 Å². The second-order valence-corrected chi connectivity index (χ2v) is 7.45. The van der Waals surface area contributed by atoms with Gasteiger partial charge in [-0.2, -0.15) is 0 Å². The van der Waals surface area contributed by atoms with Crippen LogP contribution in [0.25, 0.3) is 0 Å². The first-order valence-corrected chi connectivity index (χ1v) is 8.32. The van der Waals surface area contributed by atoms with Gasteiger partial charge in [0.2, 0.25) is 0 Å². The number of rotatable bonds is 5. The van der Waals surface area contributed by atoms with Crippen molar-refractivity contribution in [2.75, 3.05) is 6.54 Å². The molecule has 1 heterocycles. The minimum atomic E-state index is -0.491. The lowest BCUT2D eigenvalue weighted by atomic mass is 10.1. The van der Waals surface area contributed by atoms with Crippen molar-refractivity contribution in [3.05, 3.63) is 55.7 Å². The fourth-order valence-corrected chi connectivity index (χ4v) is 3.75. The molecule has 1 aromatic heterocycles. The Kier molecular flexibility index (Phi) is 5.38. The van der Waals surface area contributed by atoms with Crippen molar-refractivity contribution in [2.45, 2.75) is 32.9 Å². The molecule has 0 aliphatic carbocycles.